The Morgan fingerprint density at radius 3 is 2.45 bits per heavy atom. The molecule has 1 amide bonds. The van der Waals surface area contributed by atoms with Gasteiger partial charge in [-0.25, -0.2) is 0 Å². The Balaban J connectivity index is 2.08. The standard InChI is InChI=1S/C14H15ClN2O5/c15-10-2-1-3-11(17(21)22)12(10)13(18)16-9-6-4-8(5-7-9)14(19)20/h1-3,8-9H,4-7H2,(H,16,18)(H,19,20). The molecule has 8 heteroatoms. The molecule has 1 aliphatic rings. The van der Waals surface area contributed by atoms with Gasteiger partial charge < -0.3 is 10.4 Å². The van der Waals surface area contributed by atoms with Crippen LogP contribution in [0, 0.1) is 16.0 Å². The minimum Gasteiger partial charge on any atom is -0.481 e. The molecule has 0 aliphatic heterocycles. The number of aliphatic carboxylic acids is 1. The lowest BCUT2D eigenvalue weighted by atomic mass is 9.86. The Labute approximate surface area is 131 Å². The van der Waals surface area contributed by atoms with E-state index < -0.39 is 16.8 Å². The van der Waals surface area contributed by atoms with Gasteiger partial charge in [-0.05, 0) is 31.7 Å². The number of hydrogen-bond acceptors (Lipinski definition) is 4. The number of carboxylic acid groups (broad SMARTS) is 1. The molecule has 0 bridgehead atoms. The van der Waals surface area contributed by atoms with Gasteiger partial charge in [-0.1, -0.05) is 17.7 Å². The molecule has 2 N–H and O–H groups in total. The first-order valence-corrected chi connectivity index (χ1v) is 7.24. The molecule has 1 aromatic rings. The van der Waals surface area contributed by atoms with Crippen molar-refractivity contribution in [3.8, 4) is 0 Å². The number of benzene rings is 1. The average molecular weight is 327 g/mol. The summed E-state index contributed by atoms with van der Waals surface area (Å²) >= 11 is 5.91. The Morgan fingerprint density at radius 2 is 1.91 bits per heavy atom. The van der Waals surface area contributed by atoms with E-state index in [0.29, 0.717) is 25.7 Å². The van der Waals surface area contributed by atoms with Crippen LogP contribution < -0.4 is 5.32 Å². The lowest BCUT2D eigenvalue weighted by Gasteiger charge is -2.26. The second-order valence-electron chi connectivity index (χ2n) is 5.25. The van der Waals surface area contributed by atoms with Crippen LogP contribution >= 0.6 is 11.6 Å². The summed E-state index contributed by atoms with van der Waals surface area (Å²) in [5.74, 6) is -1.81. The summed E-state index contributed by atoms with van der Waals surface area (Å²) in [7, 11) is 0. The Kier molecular flexibility index (Phi) is 4.97. The number of halogens is 1. The van der Waals surface area contributed by atoms with E-state index in [1.165, 1.54) is 18.2 Å². The van der Waals surface area contributed by atoms with Crippen molar-refractivity contribution in [2.24, 2.45) is 5.92 Å². The number of nitro groups is 1. The molecule has 1 saturated carbocycles. The summed E-state index contributed by atoms with van der Waals surface area (Å²) in [6, 6.07) is 3.86. The van der Waals surface area contributed by atoms with Crippen LogP contribution in [0.3, 0.4) is 0 Å². The number of nitro benzene ring substituents is 1. The first kappa shape index (κ1) is 16.2. The minimum atomic E-state index is -0.827. The van der Waals surface area contributed by atoms with Gasteiger partial charge in [0.2, 0.25) is 0 Å². The van der Waals surface area contributed by atoms with Crippen molar-refractivity contribution in [1.82, 2.24) is 5.32 Å². The third kappa shape index (κ3) is 3.54. The number of amides is 1. The monoisotopic (exact) mass is 326 g/mol. The lowest BCUT2D eigenvalue weighted by molar-refractivity contribution is -0.385. The van der Waals surface area contributed by atoms with Gasteiger partial charge in [0.1, 0.15) is 5.56 Å². The largest absolute Gasteiger partial charge is 0.481 e. The van der Waals surface area contributed by atoms with E-state index in [2.05, 4.69) is 5.32 Å². The van der Waals surface area contributed by atoms with Crippen molar-refractivity contribution < 1.29 is 19.6 Å². The van der Waals surface area contributed by atoms with Crippen LogP contribution in [0.25, 0.3) is 0 Å². The fraction of sp³-hybridized carbons (Fsp3) is 0.429. The normalized spacial score (nSPS) is 21.1. The molecule has 22 heavy (non-hydrogen) atoms. The van der Waals surface area contributed by atoms with Gasteiger partial charge in [0.25, 0.3) is 11.6 Å². The zero-order valence-corrected chi connectivity index (χ0v) is 12.4. The number of nitrogens with zero attached hydrogens (tertiary/aromatic N) is 1. The highest BCUT2D eigenvalue weighted by molar-refractivity contribution is 6.34. The molecule has 7 nitrogen and oxygen atoms in total. The molecule has 0 atom stereocenters. The van der Waals surface area contributed by atoms with Crippen molar-refractivity contribution in [1.29, 1.82) is 0 Å². The maximum absolute atomic E-state index is 12.3. The highest BCUT2D eigenvalue weighted by atomic mass is 35.5. The number of hydrogen-bond donors (Lipinski definition) is 2. The first-order valence-electron chi connectivity index (χ1n) is 6.86. The fourth-order valence-electron chi connectivity index (χ4n) is 2.63. The van der Waals surface area contributed by atoms with E-state index in [1.54, 1.807) is 0 Å². The van der Waals surface area contributed by atoms with Gasteiger partial charge in [-0.3, -0.25) is 19.7 Å². The predicted molar refractivity (Wildman–Crippen MR) is 79.0 cm³/mol. The number of carbonyl (C=O) groups is 2. The highest BCUT2D eigenvalue weighted by Gasteiger charge is 2.29. The third-order valence-electron chi connectivity index (χ3n) is 3.83. The maximum atomic E-state index is 12.3. The summed E-state index contributed by atoms with van der Waals surface area (Å²) < 4.78 is 0. The second kappa shape index (κ2) is 6.74. The van der Waals surface area contributed by atoms with E-state index in [9.17, 15) is 19.7 Å². The molecule has 0 aromatic heterocycles. The van der Waals surface area contributed by atoms with Gasteiger partial charge in [0.15, 0.2) is 0 Å². The van der Waals surface area contributed by atoms with Crippen molar-refractivity contribution >= 4 is 29.2 Å². The molecule has 2 rings (SSSR count). The summed E-state index contributed by atoms with van der Waals surface area (Å²) in [5.41, 5.74) is -0.501. The van der Waals surface area contributed by atoms with Gasteiger partial charge in [-0.2, -0.15) is 0 Å². The Morgan fingerprint density at radius 1 is 1.27 bits per heavy atom. The third-order valence-corrected chi connectivity index (χ3v) is 4.14. The summed E-state index contributed by atoms with van der Waals surface area (Å²) in [6.45, 7) is 0. The van der Waals surface area contributed by atoms with Gasteiger partial charge >= 0.3 is 5.97 Å². The van der Waals surface area contributed by atoms with E-state index in [0.717, 1.165) is 0 Å². The van der Waals surface area contributed by atoms with E-state index in [1.807, 2.05) is 0 Å². The SMILES string of the molecule is O=C(NC1CCC(C(=O)O)CC1)c1c(Cl)cccc1[N+](=O)[O-]. The molecule has 0 saturated heterocycles. The predicted octanol–water partition coefficient (Wildman–Crippen LogP) is 2.62. The van der Waals surface area contributed by atoms with Crippen LogP contribution in [-0.4, -0.2) is 27.9 Å². The molecular formula is C14H15ClN2O5. The second-order valence-corrected chi connectivity index (χ2v) is 5.66. The summed E-state index contributed by atoms with van der Waals surface area (Å²) in [6.07, 6.45) is 2.01. The molecule has 0 unspecified atom stereocenters. The van der Waals surface area contributed by atoms with Gasteiger partial charge in [0.05, 0.1) is 15.9 Å². The fourth-order valence-corrected chi connectivity index (χ4v) is 2.89. The van der Waals surface area contributed by atoms with E-state index in [4.69, 9.17) is 16.7 Å². The van der Waals surface area contributed by atoms with E-state index >= 15 is 0 Å². The van der Waals surface area contributed by atoms with Crippen LogP contribution in [0.2, 0.25) is 5.02 Å². The maximum Gasteiger partial charge on any atom is 0.306 e. The number of nitrogens with one attached hydrogen (secondary N) is 1. The zero-order chi connectivity index (χ0) is 16.3. The zero-order valence-electron chi connectivity index (χ0n) is 11.6. The Bertz CT molecular complexity index is 611. The molecule has 0 heterocycles. The molecular weight excluding hydrogens is 312 g/mol. The Hall–Kier alpha value is -2.15. The molecule has 1 aromatic carbocycles. The molecule has 0 radical (unpaired) electrons. The highest BCUT2D eigenvalue weighted by Crippen LogP contribution is 2.28. The van der Waals surface area contributed by atoms with Crippen molar-refractivity contribution in [2.75, 3.05) is 0 Å². The van der Waals surface area contributed by atoms with Gasteiger partial charge in [-0.15, -0.1) is 0 Å². The topological polar surface area (TPSA) is 110 Å². The van der Waals surface area contributed by atoms with Crippen LogP contribution in [0.4, 0.5) is 5.69 Å². The number of carboxylic acids is 1. The number of carbonyl (C=O) groups excluding carboxylic acids is 1. The average Bonchev–Trinajstić information content (AvgIpc) is 2.47. The van der Waals surface area contributed by atoms with Crippen LogP contribution in [0.1, 0.15) is 36.0 Å². The van der Waals surface area contributed by atoms with Crippen molar-refractivity contribution in [2.45, 2.75) is 31.7 Å². The minimum absolute atomic E-state index is 0.0194. The molecule has 1 fully saturated rings. The van der Waals surface area contributed by atoms with Crippen molar-refractivity contribution in [3.05, 3.63) is 38.9 Å². The molecule has 0 spiro atoms. The lowest BCUT2D eigenvalue weighted by Crippen LogP contribution is -2.39. The summed E-state index contributed by atoms with van der Waals surface area (Å²) in [4.78, 5) is 33.5. The smallest absolute Gasteiger partial charge is 0.306 e. The number of rotatable bonds is 4. The summed E-state index contributed by atoms with van der Waals surface area (Å²) in [5, 5.41) is 22.7. The molecule has 1 aliphatic carbocycles. The van der Waals surface area contributed by atoms with Crippen molar-refractivity contribution in [3.63, 3.8) is 0 Å². The van der Waals surface area contributed by atoms with Gasteiger partial charge in [0, 0.05) is 12.1 Å². The van der Waals surface area contributed by atoms with E-state index in [-0.39, 0.29) is 28.2 Å². The van der Waals surface area contributed by atoms with Crippen LogP contribution in [0.15, 0.2) is 18.2 Å². The van der Waals surface area contributed by atoms with Crippen LogP contribution in [-0.2, 0) is 4.79 Å². The molecule has 118 valence electrons. The first-order chi connectivity index (χ1) is 10.4. The quantitative estimate of drug-likeness (QED) is 0.653. The van der Waals surface area contributed by atoms with Crippen LogP contribution in [0.5, 0.6) is 0 Å².